The van der Waals surface area contributed by atoms with Gasteiger partial charge in [0.05, 0.1) is 6.42 Å². The molecule has 0 spiro atoms. The normalized spacial score (nSPS) is 12.1. The quantitative estimate of drug-likeness (QED) is 0.756. The lowest BCUT2D eigenvalue weighted by atomic mass is 9.97. The van der Waals surface area contributed by atoms with Crippen molar-refractivity contribution in [2.24, 2.45) is 0 Å². The molecule has 0 aliphatic rings. The molecule has 1 unspecified atom stereocenters. The molecule has 0 fully saturated rings. The summed E-state index contributed by atoms with van der Waals surface area (Å²) in [4.78, 5) is 12.0. The maximum absolute atomic E-state index is 12.0. The number of hydrogen-bond acceptors (Lipinski definition) is 1. The van der Waals surface area contributed by atoms with E-state index in [0.29, 0.717) is 12.3 Å². The second-order valence-corrected chi connectivity index (χ2v) is 5.23. The Hall–Kier alpha value is -1.96. The van der Waals surface area contributed by atoms with Crippen LogP contribution in [0.15, 0.2) is 54.9 Å². The Bertz CT molecular complexity index is 545. The Balaban J connectivity index is 1.93. The van der Waals surface area contributed by atoms with Gasteiger partial charge in [-0.3, -0.25) is 0 Å². The van der Waals surface area contributed by atoms with Gasteiger partial charge in [-0.1, -0.05) is 44.2 Å². The van der Waals surface area contributed by atoms with E-state index < -0.39 is 0 Å². The molecule has 0 saturated carbocycles. The van der Waals surface area contributed by atoms with Gasteiger partial charge in [-0.2, -0.15) is 0 Å². The summed E-state index contributed by atoms with van der Waals surface area (Å²) in [5, 5.41) is 0. The number of aromatic nitrogens is 1. The summed E-state index contributed by atoms with van der Waals surface area (Å²) in [6.45, 7) is 4.44. The van der Waals surface area contributed by atoms with Crippen LogP contribution in [-0.2, 0) is 6.42 Å². The number of hydrogen-bond donors (Lipinski definition) is 0. The van der Waals surface area contributed by atoms with Crippen molar-refractivity contribution in [3.8, 4) is 0 Å². The zero-order valence-corrected chi connectivity index (χ0v) is 12.3. The molecule has 0 bridgehead atoms. The fourth-order valence-corrected chi connectivity index (χ4v) is 2.19. The molecule has 1 aromatic carbocycles. The molecule has 1 heterocycles. The summed E-state index contributed by atoms with van der Waals surface area (Å²) in [5.74, 6) is 0.738. The maximum Gasteiger partial charge on any atom is 0.392 e. The molecule has 0 radical (unpaired) electrons. The standard InChI is InChI=1S/C18H22NO/c1-3-15(2)17-10-7-16(8-11-17)9-12-18(20)19-13-5-4-6-14-19/h4-8,10-11,13-15H,3,9,12H2,1-2H3/q+1. The Morgan fingerprint density at radius 2 is 1.75 bits per heavy atom. The zero-order valence-electron chi connectivity index (χ0n) is 12.3. The number of pyridine rings is 1. The van der Waals surface area contributed by atoms with Crippen LogP contribution in [0.3, 0.4) is 0 Å². The van der Waals surface area contributed by atoms with E-state index in [1.807, 2.05) is 18.2 Å². The minimum absolute atomic E-state index is 0.136. The largest absolute Gasteiger partial charge is 0.392 e. The lowest BCUT2D eigenvalue weighted by molar-refractivity contribution is -0.574. The summed E-state index contributed by atoms with van der Waals surface area (Å²) in [6, 6.07) is 14.3. The first-order valence-electron chi connectivity index (χ1n) is 7.29. The third-order valence-electron chi connectivity index (χ3n) is 3.79. The first-order valence-corrected chi connectivity index (χ1v) is 7.29. The number of rotatable bonds is 5. The van der Waals surface area contributed by atoms with E-state index in [9.17, 15) is 4.79 Å². The van der Waals surface area contributed by atoms with Gasteiger partial charge in [0.25, 0.3) is 0 Å². The monoisotopic (exact) mass is 268 g/mol. The Labute approximate surface area is 121 Å². The Morgan fingerprint density at radius 1 is 1.10 bits per heavy atom. The van der Waals surface area contributed by atoms with Gasteiger partial charge in [0, 0.05) is 12.1 Å². The summed E-state index contributed by atoms with van der Waals surface area (Å²) >= 11 is 0. The molecule has 0 aliphatic carbocycles. The molecule has 20 heavy (non-hydrogen) atoms. The van der Waals surface area contributed by atoms with Crippen molar-refractivity contribution in [1.82, 2.24) is 0 Å². The van der Waals surface area contributed by atoms with Crippen LogP contribution in [0.25, 0.3) is 0 Å². The number of carbonyl (C=O) groups is 1. The van der Waals surface area contributed by atoms with Gasteiger partial charge >= 0.3 is 5.91 Å². The maximum atomic E-state index is 12.0. The molecule has 0 saturated heterocycles. The molecular formula is C18H22NO+. The minimum Gasteiger partial charge on any atom is -0.219 e. The second-order valence-electron chi connectivity index (χ2n) is 5.23. The van der Waals surface area contributed by atoms with Crippen molar-refractivity contribution < 1.29 is 9.36 Å². The number of nitrogens with zero attached hydrogens (tertiary/aromatic N) is 1. The molecule has 0 amide bonds. The van der Waals surface area contributed by atoms with Crippen LogP contribution in [0.5, 0.6) is 0 Å². The third-order valence-corrected chi connectivity index (χ3v) is 3.79. The highest BCUT2D eigenvalue weighted by Gasteiger charge is 2.12. The Kier molecular flexibility index (Phi) is 5.05. The van der Waals surface area contributed by atoms with Crippen LogP contribution >= 0.6 is 0 Å². The lowest BCUT2D eigenvalue weighted by Gasteiger charge is -2.09. The average Bonchev–Trinajstić information content (AvgIpc) is 2.53. The lowest BCUT2D eigenvalue weighted by Crippen LogP contribution is -2.41. The summed E-state index contributed by atoms with van der Waals surface area (Å²) in [7, 11) is 0. The van der Waals surface area contributed by atoms with Crippen LogP contribution in [0.2, 0.25) is 0 Å². The van der Waals surface area contributed by atoms with Gasteiger partial charge in [-0.15, -0.1) is 4.57 Å². The number of aryl methyl sites for hydroxylation is 1. The first-order chi connectivity index (χ1) is 9.70. The van der Waals surface area contributed by atoms with Crippen molar-refractivity contribution in [1.29, 1.82) is 0 Å². The van der Waals surface area contributed by atoms with Crippen LogP contribution < -0.4 is 4.57 Å². The summed E-state index contributed by atoms with van der Waals surface area (Å²) in [5.41, 5.74) is 2.60. The van der Waals surface area contributed by atoms with E-state index in [1.165, 1.54) is 11.1 Å². The number of benzene rings is 1. The van der Waals surface area contributed by atoms with E-state index in [2.05, 4.69) is 38.1 Å². The Morgan fingerprint density at radius 3 is 2.35 bits per heavy atom. The van der Waals surface area contributed by atoms with Crippen molar-refractivity contribution in [2.45, 2.75) is 39.0 Å². The van der Waals surface area contributed by atoms with Crippen molar-refractivity contribution >= 4 is 5.91 Å². The van der Waals surface area contributed by atoms with Gasteiger partial charge in [0.1, 0.15) is 0 Å². The molecule has 2 nitrogen and oxygen atoms in total. The molecule has 2 heteroatoms. The zero-order chi connectivity index (χ0) is 14.4. The molecule has 104 valence electrons. The molecule has 2 rings (SSSR count). The predicted octanol–water partition coefficient (Wildman–Crippen LogP) is 3.76. The van der Waals surface area contributed by atoms with E-state index in [1.54, 1.807) is 17.0 Å². The first kappa shape index (κ1) is 14.4. The van der Waals surface area contributed by atoms with E-state index in [0.717, 1.165) is 12.8 Å². The van der Waals surface area contributed by atoms with E-state index in [4.69, 9.17) is 0 Å². The van der Waals surface area contributed by atoms with Gasteiger partial charge in [0.15, 0.2) is 12.4 Å². The highest BCUT2D eigenvalue weighted by atomic mass is 16.1. The highest BCUT2D eigenvalue weighted by Crippen LogP contribution is 2.19. The molecular weight excluding hydrogens is 246 g/mol. The smallest absolute Gasteiger partial charge is 0.219 e. The average molecular weight is 268 g/mol. The van der Waals surface area contributed by atoms with Crippen LogP contribution in [0, 0.1) is 0 Å². The fourth-order valence-electron chi connectivity index (χ4n) is 2.19. The van der Waals surface area contributed by atoms with Crippen molar-refractivity contribution in [3.63, 3.8) is 0 Å². The van der Waals surface area contributed by atoms with Crippen LogP contribution in [0.4, 0.5) is 0 Å². The molecule has 0 N–H and O–H groups in total. The third kappa shape index (κ3) is 3.77. The van der Waals surface area contributed by atoms with Gasteiger partial charge in [0.2, 0.25) is 0 Å². The molecule has 1 atom stereocenters. The molecule has 2 aromatic rings. The van der Waals surface area contributed by atoms with Crippen molar-refractivity contribution in [2.75, 3.05) is 0 Å². The highest BCUT2D eigenvalue weighted by molar-refractivity contribution is 5.67. The van der Waals surface area contributed by atoms with Crippen LogP contribution in [-0.4, -0.2) is 5.91 Å². The summed E-state index contributed by atoms with van der Waals surface area (Å²) < 4.78 is 1.65. The second kappa shape index (κ2) is 6.99. The topological polar surface area (TPSA) is 20.9 Å². The molecule has 1 aromatic heterocycles. The van der Waals surface area contributed by atoms with Gasteiger partial charge in [-0.05, 0) is 29.9 Å². The number of carbonyl (C=O) groups excluding carboxylic acids is 1. The molecule has 0 aliphatic heterocycles. The van der Waals surface area contributed by atoms with Crippen molar-refractivity contribution in [3.05, 3.63) is 66.0 Å². The summed E-state index contributed by atoms with van der Waals surface area (Å²) in [6.07, 6.45) is 6.09. The fraction of sp³-hybridized carbons (Fsp3) is 0.333. The van der Waals surface area contributed by atoms with Gasteiger partial charge < -0.3 is 0 Å². The van der Waals surface area contributed by atoms with E-state index >= 15 is 0 Å². The predicted molar refractivity (Wildman–Crippen MR) is 80.7 cm³/mol. The van der Waals surface area contributed by atoms with E-state index in [-0.39, 0.29) is 5.91 Å². The van der Waals surface area contributed by atoms with Crippen LogP contribution in [0.1, 0.15) is 48.5 Å². The SMILES string of the molecule is CCC(C)c1ccc(CCC(=O)[n+]2ccccc2)cc1. The minimum atomic E-state index is 0.136. The van der Waals surface area contributed by atoms with Gasteiger partial charge in [-0.25, -0.2) is 4.79 Å².